The highest BCUT2D eigenvalue weighted by Crippen LogP contribution is 2.32. The van der Waals surface area contributed by atoms with Crippen molar-refractivity contribution >= 4 is 44.0 Å². The van der Waals surface area contributed by atoms with Crippen molar-refractivity contribution in [2.45, 2.75) is 13.2 Å². The van der Waals surface area contributed by atoms with E-state index in [1.807, 2.05) is 78.9 Å². The van der Waals surface area contributed by atoms with Crippen LogP contribution in [-0.4, -0.2) is 12.1 Å². The van der Waals surface area contributed by atoms with Gasteiger partial charge in [0.1, 0.15) is 24.7 Å². The van der Waals surface area contributed by atoms with Crippen molar-refractivity contribution in [3.05, 3.63) is 128 Å². The fraction of sp³-hybridized carbons (Fsp3) is 0.0714. The number of nitrogens with one attached hydrogen (secondary N) is 1. The monoisotopic (exact) mass is 592 g/mol. The normalized spacial score (nSPS) is 10.8. The quantitative estimate of drug-likeness (QED) is 0.166. The first kappa shape index (κ1) is 24.7. The molecule has 4 rings (SSSR count). The summed E-state index contributed by atoms with van der Waals surface area (Å²) in [4.78, 5) is 12.8. The molecule has 1 N–H and O–H groups in total. The van der Waals surface area contributed by atoms with Gasteiger partial charge in [0.25, 0.3) is 5.91 Å². The molecule has 0 saturated carbocycles. The molecule has 0 fully saturated rings. The maximum absolute atomic E-state index is 12.8. The summed E-state index contributed by atoms with van der Waals surface area (Å²) in [7, 11) is 0. The molecule has 0 bridgehead atoms. The summed E-state index contributed by atoms with van der Waals surface area (Å²) in [5.74, 6) is 0.744. The molecule has 0 aliphatic heterocycles. The molecule has 0 aliphatic rings. The molecule has 0 aliphatic carbocycles. The lowest BCUT2D eigenvalue weighted by molar-refractivity contribution is 0.0950. The second kappa shape index (κ2) is 12.3. The van der Waals surface area contributed by atoms with Gasteiger partial charge in [-0.05, 0) is 51.3 Å². The van der Waals surface area contributed by atoms with E-state index in [9.17, 15) is 4.79 Å². The SMILES string of the molecule is O=C(N/N=C/c1cc(Br)cc(Br)c1OCc1ccccc1)c1ccccc1OCc1ccccc1. The van der Waals surface area contributed by atoms with Crippen molar-refractivity contribution in [2.75, 3.05) is 0 Å². The van der Waals surface area contributed by atoms with Crippen molar-refractivity contribution in [1.82, 2.24) is 5.43 Å². The summed E-state index contributed by atoms with van der Waals surface area (Å²) in [6.07, 6.45) is 1.56. The maximum atomic E-state index is 12.8. The third-order valence-corrected chi connectivity index (χ3v) is 6.05. The smallest absolute Gasteiger partial charge is 0.275 e. The second-order valence-electron chi connectivity index (χ2n) is 7.55. The van der Waals surface area contributed by atoms with E-state index in [-0.39, 0.29) is 5.91 Å². The zero-order chi connectivity index (χ0) is 24.5. The Kier molecular flexibility index (Phi) is 8.70. The Balaban J connectivity index is 1.45. The molecule has 0 saturated heterocycles. The molecule has 4 aromatic rings. The summed E-state index contributed by atoms with van der Waals surface area (Å²) in [6.45, 7) is 0.767. The van der Waals surface area contributed by atoms with Crippen LogP contribution in [0.5, 0.6) is 11.5 Å². The van der Waals surface area contributed by atoms with Crippen LogP contribution < -0.4 is 14.9 Å². The van der Waals surface area contributed by atoms with Gasteiger partial charge in [0, 0.05) is 10.0 Å². The van der Waals surface area contributed by atoms with E-state index >= 15 is 0 Å². The lowest BCUT2D eigenvalue weighted by Crippen LogP contribution is -2.18. The van der Waals surface area contributed by atoms with E-state index in [2.05, 4.69) is 42.4 Å². The number of benzene rings is 4. The van der Waals surface area contributed by atoms with Gasteiger partial charge < -0.3 is 9.47 Å². The molecule has 1 amide bonds. The van der Waals surface area contributed by atoms with E-state index in [1.54, 1.807) is 24.4 Å². The molecule has 4 aromatic carbocycles. The van der Waals surface area contributed by atoms with E-state index in [1.165, 1.54) is 0 Å². The van der Waals surface area contributed by atoms with Gasteiger partial charge in [0.2, 0.25) is 0 Å². The Morgan fingerprint density at radius 3 is 2.09 bits per heavy atom. The van der Waals surface area contributed by atoms with Gasteiger partial charge in [-0.2, -0.15) is 5.10 Å². The molecule has 0 spiro atoms. The van der Waals surface area contributed by atoms with Gasteiger partial charge in [0.05, 0.1) is 16.3 Å². The molecule has 0 heterocycles. The number of hydrogen-bond acceptors (Lipinski definition) is 4. The molecule has 176 valence electrons. The number of nitrogens with zero attached hydrogens (tertiary/aromatic N) is 1. The van der Waals surface area contributed by atoms with Crippen molar-refractivity contribution in [3.63, 3.8) is 0 Å². The molecule has 5 nitrogen and oxygen atoms in total. The van der Waals surface area contributed by atoms with Crippen LogP contribution in [0.1, 0.15) is 27.0 Å². The zero-order valence-electron chi connectivity index (χ0n) is 18.7. The first-order valence-electron chi connectivity index (χ1n) is 10.8. The summed E-state index contributed by atoms with van der Waals surface area (Å²) >= 11 is 7.05. The average Bonchev–Trinajstić information content (AvgIpc) is 2.88. The minimum Gasteiger partial charge on any atom is -0.488 e. The number of carbonyl (C=O) groups excluding carboxylic acids is 1. The van der Waals surface area contributed by atoms with Crippen LogP contribution in [0, 0.1) is 0 Å². The van der Waals surface area contributed by atoms with Crippen LogP contribution in [-0.2, 0) is 13.2 Å². The number of hydrogen-bond donors (Lipinski definition) is 1. The molecule has 0 radical (unpaired) electrons. The minimum atomic E-state index is -0.370. The molecule has 7 heteroatoms. The highest BCUT2D eigenvalue weighted by Gasteiger charge is 2.13. The van der Waals surface area contributed by atoms with Crippen LogP contribution in [0.15, 0.2) is 111 Å². The van der Waals surface area contributed by atoms with Gasteiger partial charge in [-0.15, -0.1) is 0 Å². The Labute approximate surface area is 221 Å². The Morgan fingerprint density at radius 1 is 0.800 bits per heavy atom. The highest BCUT2D eigenvalue weighted by atomic mass is 79.9. The van der Waals surface area contributed by atoms with Crippen molar-refractivity contribution < 1.29 is 14.3 Å². The lowest BCUT2D eigenvalue weighted by Gasteiger charge is -2.12. The average molecular weight is 594 g/mol. The molecule has 35 heavy (non-hydrogen) atoms. The molecule has 0 unspecified atom stereocenters. The number of carbonyl (C=O) groups is 1. The Bertz CT molecular complexity index is 1310. The third kappa shape index (κ3) is 7.04. The number of rotatable bonds is 9. The standard InChI is InChI=1S/C28H22Br2N2O3/c29-23-15-22(27(25(30)16-23)35-19-21-11-5-2-6-12-21)17-31-32-28(33)24-13-7-8-14-26(24)34-18-20-9-3-1-4-10-20/h1-17H,18-19H2,(H,32,33)/b31-17+. The predicted molar refractivity (Wildman–Crippen MR) is 145 cm³/mol. The van der Waals surface area contributed by atoms with Crippen LogP contribution in [0.3, 0.4) is 0 Å². The summed E-state index contributed by atoms with van der Waals surface area (Å²) < 4.78 is 13.6. The summed E-state index contributed by atoms with van der Waals surface area (Å²) in [6, 6.07) is 30.5. The van der Waals surface area contributed by atoms with Gasteiger partial charge in [-0.1, -0.05) is 88.7 Å². The molecule has 0 aromatic heterocycles. The summed E-state index contributed by atoms with van der Waals surface area (Å²) in [5.41, 5.74) is 5.76. The number of ether oxygens (including phenoxy) is 2. The van der Waals surface area contributed by atoms with Crippen molar-refractivity contribution in [3.8, 4) is 11.5 Å². The number of hydrazone groups is 1. The van der Waals surface area contributed by atoms with Crippen LogP contribution in [0.2, 0.25) is 0 Å². The topological polar surface area (TPSA) is 59.9 Å². The minimum absolute atomic E-state index is 0.364. The molecular formula is C28H22Br2N2O3. The van der Waals surface area contributed by atoms with E-state index < -0.39 is 0 Å². The first-order chi connectivity index (χ1) is 17.1. The van der Waals surface area contributed by atoms with E-state index in [0.717, 1.165) is 20.1 Å². The van der Waals surface area contributed by atoms with E-state index in [4.69, 9.17) is 9.47 Å². The summed E-state index contributed by atoms with van der Waals surface area (Å²) in [5, 5.41) is 4.17. The van der Waals surface area contributed by atoms with Gasteiger partial charge >= 0.3 is 0 Å². The maximum Gasteiger partial charge on any atom is 0.275 e. The van der Waals surface area contributed by atoms with Crippen molar-refractivity contribution in [1.29, 1.82) is 0 Å². The molecule has 0 atom stereocenters. The second-order valence-corrected chi connectivity index (χ2v) is 9.32. The van der Waals surface area contributed by atoms with Gasteiger partial charge in [-0.3, -0.25) is 4.79 Å². The predicted octanol–water partition coefficient (Wildman–Crippen LogP) is 7.13. The lowest BCUT2D eigenvalue weighted by atomic mass is 10.2. The number of para-hydroxylation sites is 1. The third-order valence-electron chi connectivity index (χ3n) is 5.00. The highest BCUT2D eigenvalue weighted by molar-refractivity contribution is 9.11. The number of amides is 1. The van der Waals surface area contributed by atoms with Gasteiger partial charge in [0.15, 0.2) is 0 Å². The van der Waals surface area contributed by atoms with Crippen LogP contribution >= 0.6 is 31.9 Å². The van der Waals surface area contributed by atoms with Gasteiger partial charge in [-0.25, -0.2) is 5.43 Å². The van der Waals surface area contributed by atoms with E-state index in [0.29, 0.717) is 35.8 Å². The largest absolute Gasteiger partial charge is 0.488 e. The number of halogens is 2. The van der Waals surface area contributed by atoms with Crippen molar-refractivity contribution in [2.24, 2.45) is 5.10 Å². The zero-order valence-corrected chi connectivity index (χ0v) is 21.8. The van der Waals surface area contributed by atoms with Crippen LogP contribution in [0.25, 0.3) is 0 Å². The fourth-order valence-corrected chi connectivity index (χ4v) is 4.67. The van der Waals surface area contributed by atoms with Crippen LogP contribution in [0.4, 0.5) is 0 Å². The Hall–Kier alpha value is -3.42. The Morgan fingerprint density at radius 2 is 1.40 bits per heavy atom. The fourth-order valence-electron chi connectivity index (χ4n) is 3.29. The molecular weight excluding hydrogens is 572 g/mol. The first-order valence-corrected chi connectivity index (χ1v) is 12.4.